The maximum Gasteiger partial charge on any atom is 0.317 e. The standard InChI is InChI=1S/C20H27F2N3O2/c1-13(2)10-23-20(27)25-6-3-4-14(11-25)19(26)24-7-5-17-15(12-24)8-16(21)9-18(17)22/h8-9,13-14H,3-7,10-12H2,1-2H3,(H,23,27). The zero-order valence-electron chi connectivity index (χ0n) is 15.9. The summed E-state index contributed by atoms with van der Waals surface area (Å²) >= 11 is 0. The summed E-state index contributed by atoms with van der Waals surface area (Å²) < 4.78 is 27.4. The number of urea groups is 1. The van der Waals surface area contributed by atoms with Crippen LogP contribution in [0.4, 0.5) is 13.6 Å². The topological polar surface area (TPSA) is 52.7 Å². The predicted molar refractivity (Wildman–Crippen MR) is 98.0 cm³/mol. The molecule has 148 valence electrons. The molecule has 1 N–H and O–H groups in total. The zero-order valence-corrected chi connectivity index (χ0v) is 15.9. The van der Waals surface area contributed by atoms with Crippen LogP contribution in [0.25, 0.3) is 0 Å². The second-order valence-electron chi connectivity index (χ2n) is 7.90. The monoisotopic (exact) mass is 379 g/mol. The highest BCUT2D eigenvalue weighted by Gasteiger charge is 2.33. The summed E-state index contributed by atoms with van der Waals surface area (Å²) in [6.45, 7) is 6.35. The van der Waals surface area contributed by atoms with Crippen molar-refractivity contribution >= 4 is 11.9 Å². The van der Waals surface area contributed by atoms with Crippen LogP contribution >= 0.6 is 0 Å². The van der Waals surface area contributed by atoms with Gasteiger partial charge in [-0.15, -0.1) is 0 Å². The van der Waals surface area contributed by atoms with Crippen LogP contribution in [-0.2, 0) is 17.8 Å². The number of carbonyl (C=O) groups excluding carboxylic acids is 2. The van der Waals surface area contributed by atoms with Gasteiger partial charge < -0.3 is 15.1 Å². The molecule has 1 aromatic rings. The molecule has 5 nitrogen and oxygen atoms in total. The van der Waals surface area contributed by atoms with Gasteiger partial charge in [0.05, 0.1) is 5.92 Å². The second kappa shape index (κ2) is 8.23. The lowest BCUT2D eigenvalue weighted by Crippen LogP contribution is -2.50. The summed E-state index contributed by atoms with van der Waals surface area (Å²) in [7, 11) is 0. The number of fused-ring (bicyclic) bond motifs is 1. The van der Waals surface area contributed by atoms with Gasteiger partial charge in [0.2, 0.25) is 5.91 Å². The van der Waals surface area contributed by atoms with Gasteiger partial charge in [0.1, 0.15) is 11.6 Å². The lowest BCUT2D eigenvalue weighted by Gasteiger charge is -2.36. The van der Waals surface area contributed by atoms with Crippen molar-refractivity contribution in [1.29, 1.82) is 0 Å². The van der Waals surface area contributed by atoms with Gasteiger partial charge in [-0.1, -0.05) is 13.8 Å². The van der Waals surface area contributed by atoms with Crippen molar-refractivity contribution in [3.05, 3.63) is 34.9 Å². The molecule has 27 heavy (non-hydrogen) atoms. The molecular formula is C20H27F2N3O2. The number of halogens is 2. The molecule has 1 atom stereocenters. The van der Waals surface area contributed by atoms with E-state index in [0.717, 1.165) is 18.9 Å². The van der Waals surface area contributed by atoms with Crippen molar-refractivity contribution in [2.45, 2.75) is 39.7 Å². The highest BCUT2D eigenvalue weighted by Crippen LogP contribution is 2.26. The number of hydrogen-bond acceptors (Lipinski definition) is 2. The third-order valence-corrected chi connectivity index (χ3v) is 5.28. The first-order valence-corrected chi connectivity index (χ1v) is 9.63. The van der Waals surface area contributed by atoms with E-state index < -0.39 is 11.6 Å². The minimum Gasteiger partial charge on any atom is -0.338 e. The van der Waals surface area contributed by atoms with E-state index in [9.17, 15) is 18.4 Å². The van der Waals surface area contributed by atoms with Crippen LogP contribution in [0.2, 0.25) is 0 Å². The lowest BCUT2D eigenvalue weighted by molar-refractivity contribution is -0.137. The molecule has 1 aromatic carbocycles. The number of carbonyl (C=O) groups is 2. The first kappa shape index (κ1) is 19.6. The molecular weight excluding hydrogens is 352 g/mol. The summed E-state index contributed by atoms with van der Waals surface area (Å²) in [6.07, 6.45) is 1.89. The minimum absolute atomic E-state index is 0.0355. The maximum absolute atomic E-state index is 13.9. The fourth-order valence-corrected chi connectivity index (χ4v) is 3.82. The molecule has 2 aliphatic rings. The van der Waals surface area contributed by atoms with Gasteiger partial charge >= 0.3 is 6.03 Å². The molecule has 1 saturated heterocycles. The molecule has 2 heterocycles. The largest absolute Gasteiger partial charge is 0.338 e. The third-order valence-electron chi connectivity index (χ3n) is 5.28. The van der Waals surface area contributed by atoms with Crippen LogP contribution in [-0.4, -0.2) is 47.9 Å². The van der Waals surface area contributed by atoms with E-state index >= 15 is 0 Å². The zero-order chi connectivity index (χ0) is 19.6. The number of rotatable bonds is 3. The van der Waals surface area contributed by atoms with Crippen molar-refractivity contribution in [1.82, 2.24) is 15.1 Å². The van der Waals surface area contributed by atoms with E-state index in [4.69, 9.17) is 0 Å². The minimum atomic E-state index is -0.619. The first-order chi connectivity index (χ1) is 12.8. The Hall–Kier alpha value is -2.18. The molecule has 1 fully saturated rings. The number of nitrogens with one attached hydrogen (secondary N) is 1. The van der Waals surface area contributed by atoms with Gasteiger partial charge in [-0.3, -0.25) is 4.79 Å². The van der Waals surface area contributed by atoms with Gasteiger partial charge in [-0.25, -0.2) is 13.6 Å². The Balaban J connectivity index is 1.63. The average molecular weight is 379 g/mol. The van der Waals surface area contributed by atoms with E-state index in [1.807, 2.05) is 13.8 Å². The highest BCUT2D eigenvalue weighted by molar-refractivity contribution is 5.81. The molecule has 3 rings (SSSR count). The van der Waals surface area contributed by atoms with Crippen LogP contribution in [0.3, 0.4) is 0 Å². The molecule has 7 heteroatoms. The molecule has 0 spiro atoms. The fourth-order valence-electron chi connectivity index (χ4n) is 3.82. The Morgan fingerprint density at radius 1 is 1.22 bits per heavy atom. The van der Waals surface area contributed by atoms with Gasteiger partial charge in [0.15, 0.2) is 0 Å². The van der Waals surface area contributed by atoms with Gasteiger partial charge in [-0.2, -0.15) is 0 Å². The SMILES string of the molecule is CC(C)CNC(=O)N1CCCC(C(=O)N2CCc3c(F)cc(F)cc3C2)C1. The molecule has 0 aliphatic carbocycles. The molecule has 3 amide bonds. The van der Waals surface area contributed by atoms with Crippen LogP contribution in [0.15, 0.2) is 12.1 Å². The molecule has 0 radical (unpaired) electrons. The summed E-state index contributed by atoms with van der Waals surface area (Å²) in [4.78, 5) is 28.6. The lowest BCUT2D eigenvalue weighted by atomic mass is 9.93. The Labute approximate surface area is 158 Å². The second-order valence-corrected chi connectivity index (χ2v) is 7.90. The quantitative estimate of drug-likeness (QED) is 0.878. The van der Waals surface area contributed by atoms with Crippen molar-refractivity contribution in [3.8, 4) is 0 Å². The van der Waals surface area contributed by atoms with Crippen molar-refractivity contribution in [3.63, 3.8) is 0 Å². The van der Waals surface area contributed by atoms with Gasteiger partial charge in [0, 0.05) is 38.8 Å². The van der Waals surface area contributed by atoms with Crippen LogP contribution in [0, 0.1) is 23.5 Å². The van der Waals surface area contributed by atoms with Crippen LogP contribution < -0.4 is 5.32 Å². The number of amides is 3. The molecule has 1 unspecified atom stereocenters. The fraction of sp³-hybridized carbons (Fsp3) is 0.600. The molecule has 0 bridgehead atoms. The van der Waals surface area contributed by atoms with Gasteiger partial charge in [0.25, 0.3) is 0 Å². The van der Waals surface area contributed by atoms with E-state index in [1.54, 1.807) is 9.80 Å². The maximum atomic E-state index is 13.9. The predicted octanol–water partition coefficient (Wildman–Crippen LogP) is 2.93. The molecule has 2 aliphatic heterocycles. The first-order valence-electron chi connectivity index (χ1n) is 9.63. The number of hydrogen-bond donors (Lipinski definition) is 1. The van der Waals surface area contributed by atoms with E-state index in [2.05, 4.69) is 5.32 Å². The normalized spacial score (nSPS) is 19.8. The Bertz CT molecular complexity index is 723. The van der Waals surface area contributed by atoms with Crippen molar-refractivity contribution < 1.29 is 18.4 Å². The summed E-state index contributed by atoms with van der Waals surface area (Å²) in [6, 6.07) is 2.07. The van der Waals surface area contributed by atoms with Crippen molar-refractivity contribution in [2.75, 3.05) is 26.2 Å². The van der Waals surface area contributed by atoms with E-state index in [0.29, 0.717) is 49.6 Å². The number of likely N-dealkylation sites (tertiary alicyclic amines) is 1. The Morgan fingerprint density at radius 3 is 2.74 bits per heavy atom. The molecule has 0 aromatic heterocycles. The van der Waals surface area contributed by atoms with Crippen LogP contribution in [0.5, 0.6) is 0 Å². The molecule has 0 saturated carbocycles. The van der Waals surface area contributed by atoms with Gasteiger partial charge in [-0.05, 0) is 42.4 Å². The Kier molecular flexibility index (Phi) is 5.97. The van der Waals surface area contributed by atoms with Crippen LogP contribution in [0.1, 0.15) is 37.8 Å². The highest BCUT2D eigenvalue weighted by atomic mass is 19.1. The average Bonchev–Trinajstić information content (AvgIpc) is 2.64. The number of benzene rings is 1. The van der Waals surface area contributed by atoms with E-state index in [-0.39, 0.29) is 24.4 Å². The smallest absolute Gasteiger partial charge is 0.317 e. The summed E-state index contributed by atoms with van der Waals surface area (Å²) in [5, 5.41) is 2.90. The van der Waals surface area contributed by atoms with Crippen molar-refractivity contribution in [2.24, 2.45) is 11.8 Å². The van der Waals surface area contributed by atoms with E-state index in [1.165, 1.54) is 6.07 Å². The number of nitrogens with zero attached hydrogens (tertiary/aromatic N) is 2. The summed E-state index contributed by atoms with van der Waals surface area (Å²) in [5.41, 5.74) is 1.04. The Morgan fingerprint density at radius 2 is 2.00 bits per heavy atom. The number of piperidine rings is 1. The third kappa shape index (κ3) is 4.57. The summed E-state index contributed by atoms with van der Waals surface area (Å²) in [5.74, 6) is -1.09.